The highest BCUT2D eigenvalue weighted by molar-refractivity contribution is 5.96. The number of fused-ring (bicyclic) bond motifs is 1. The van der Waals surface area contributed by atoms with Gasteiger partial charge in [0.1, 0.15) is 0 Å². The Morgan fingerprint density at radius 2 is 1.90 bits per heavy atom. The second-order valence-electron chi connectivity index (χ2n) is 5.22. The van der Waals surface area contributed by atoms with Crippen LogP contribution in [-0.2, 0) is 22.4 Å². The van der Waals surface area contributed by atoms with E-state index in [0.717, 1.165) is 12.8 Å². The zero-order valence-electron chi connectivity index (χ0n) is 12.4. The first-order valence-electron chi connectivity index (χ1n) is 7.36. The number of hydrogen-bond donors (Lipinski definition) is 2. The van der Waals surface area contributed by atoms with Crippen LogP contribution in [0.15, 0.2) is 18.2 Å². The molecule has 2 amide bonds. The molecule has 0 bridgehead atoms. The molecule has 1 aromatic rings. The summed E-state index contributed by atoms with van der Waals surface area (Å²) < 4.78 is 4.84. The van der Waals surface area contributed by atoms with Gasteiger partial charge in [-0.15, -0.1) is 0 Å². The molecule has 5 heteroatoms. The Kier molecular flexibility index (Phi) is 5.75. The second kappa shape index (κ2) is 7.78. The normalized spacial score (nSPS) is 13.4. The summed E-state index contributed by atoms with van der Waals surface area (Å²) in [7, 11) is 1.57. The molecule has 114 valence electrons. The van der Waals surface area contributed by atoms with Crippen LogP contribution in [-0.4, -0.2) is 38.6 Å². The van der Waals surface area contributed by atoms with Crippen molar-refractivity contribution in [2.24, 2.45) is 0 Å². The van der Waals surface area contributed by atoms with Gasteiger partial charge >= 0.3 is 0 Å². The molecule has 0 unspecified atom stereocenters. The minimum absolute atomic E-state index is 0.0143. The van der Waals surface area contributed by atoms with E-state index < -0.39 is 0 Å². The molecule has 1 aliphatic rings. The number of ether oxygens (including phenoxy) is 1. The zero-order chi connectivity index (χ0) is 15.1. The van der Waals surface area contributed by atoms with Crippen molar-refractivity contribution in [3.8, 4) is 0 Å². The number of carbonyl (C=O) groups is 2. The average molecular weight is 290 g/mol. The summed E-state index contributed by atoms with van der Waals surface area (Å²) in [6.07, 6.45) is 4.53. The minimum Gasteiger partial charge on any atom is -0.383 e. The fourth-order valence-electron chi connectivity index (χ4n) is 2.49. The highest BCUT2D eigenvalue weighted by Gasteiger charge is 2.13. The van der Waals surface area contributed by atoms with Crippen LogP contribution in [0.25, 0.3) is 0 Å². The quantitative estimate of drug-likeness (QED) is 0.770. The van der Waals surface area contributed by atoms with E-state index in [1.807, 2.05) is 18.2 Å². The topological polar surface area (TPSA) is 67.4 Å². The smallest absolute Gasteiger partial charge is 0.251 e. The predicted molar refractivity (Wildman–Crippen MR) is 80.3 cm³/mol. The molecule has 1 aliphatic carbocycles. The van der Waals surface area contributed by atoms with Crippen LogP contribution in [0.4, 0.5) is 0 Å². The third-order valence-corrected chi connectivity index (χ3v) is 3.65. The van der Waals surface area contributed by atoms with Crippen molar-refractivity contribution in [3.05, 3.63) is 34.9 Å². The second-order valence-corrected chi connectivity index (χ2v) is 5.22. The lowest BCUT2D eigenvalue weighted by Gasteiger charge is -2.16. The van der Waals surface area contributed by atoms with E-state index in [1.165, 1.54) is 24.0 Å². The fraction of sp³-hybridized carbons (Fsp3) is 0.500. The summed E-state index contributed by atoms with van der Waals surface area (Å²) in [5.74, 6) is -0.413. The van der Waals surface area contributed by atoms with E-state index >= 15 is 0 Å². The fourth-order valence-corrected chi connectivity index (χ4v) is 2.49. The Morgan fingerprint density at radius 1 is 1.14 bits per heavy atom. The van der Waals surface area contributed by atoms with E-state index in [1.54, 1.807) is 7.11 Å². The Balaban J connectivity index is 1.84. The minimum atomic E-state index is -0.210. The molecule has 0 saturated heterocycles. The monoisotopic (exact) mass is 290 g/mol. The lowest BCUT2D eigenvalue weighted by atomic mass is 9.90. The van der Waals surface area contributed by atoms with E-state index in [4.69, 9.17) is 4.74 Å². The van der Waals surface area contributed by atoms with Gasteiger partial charge in [0.05, 0.1) is 13.2 Å². The highest BCUT2D eigenvalue weighted by Crippen LogP contribution is 2.22. The molecule has 5 nitrogen and oxygen atoms in total. The van der Waals surface area contributed by atoms with Crippen LogP contribution in [0.5, 0.6) is 0 Å². The van der Waals surface area contributed by atoms with Crippen LogP contribution in [0.2, 0.25) is 0 Å². The molecule has 1 aromatic carbocycles. The molecular formula is C16H22N2O3. The molecule has 0 saturated carbocycles. The standard InChI is InChI=1S/C16H22N2O3/c1-21-9-8-17-15(19)11-18-16(20)14-7-6-12-4-2-3-5-13(12)10-14/h6-7,10H,2-5,8-9,11H2,1H3,(H,17,19)(H,18,20). The maximum Gasteiger partial charge on any atom is 0.251 e. The van der Waals surface area contributed by atoms with Crippen LogP contribution in [0.3, 0.4) is 0 Å². The van der Waals surface area contributed by atoms with Gasteiger partial charge in [0.25, 0.3) is 5.91 Å². The van der Waals surface area contributed by atoms with E-state index in [9.17, 15) is 9.59 Å². The van der Waals surface area contributed by atoms with Gasteiger partial charge in [0, 0.05) is 19.2 Å². The molecular weight excluding hydrogens is 268 g/mol. The number of rotatable bonds is 6. The summed E-state index contributed by atoms with van der Waals surface area (Å²) in [6.45, 7) is 0.897. The van der Waals surface area contributed by atoms with Crippen molar-refractivity contribution in [1.29, 1.82) is 0 Å². The van der Waals surface area contributed by atoms with E-state index in [-0.39, 0.29) is 18.4 Å². The number of methoxy groups -OCH3 is 1. The van der Waals surface area contributed by atoms with Gasteiger partial charge in [0.2, 0.25) is 5.91 Å². The Bertz CT molecular complexity index is 514. The highest BCUT2D eigenvalue weighted by atomic mass is 16.5. The maximum absolute atomic E-state index is 12.0. The molecule has 21 heavy (non-hydrogen) atoms. The molecule has 0 spiro atoms. The lowest BCUT2D eigenvalue weighted by Crippen LogP contribution is -2.38. The van der Waals surface area contributed by atoms with Crippen LogP contribution in [0.1, 0.15) is 34.3 Å². The van der Waals surface area contributed by atoms with Gasteiger partial charge in [0.15, 0.2) is 0 Å². The van der Waals surface area contributed by atoms with Crippen molar-refractivity contribution >= 4 is 11.8 Å². The molecule has 0 fully saturated rings. The predicted octanol–water partition coefficient (Wildman–Crippen LogP) is 1.06. The SMILES string of the molecule is COCCNC(=O)CNC(=O)c1ccc2c(c1)CCCC2. The number of nitrogens with one attached hydrogen (secondary N) is 2. The Morgan fingerprint density at radius 3 is 2.67 bits per heavy atom. The molecule has 0 radical (unpaired) electrons. The van der Waals surface area contributed by atoms with Crippen molar-refractivity contribution in [1.82, 2.24) is 10.6 Å². The molecule has 0 atom stereocenters. The van der Waals surface area contributed by atoms with Gasteiger partial charge in [-0.2, -0.15) is 0 Å². The van der Waals surface area contributed by atoms with Gasteiger partial charge < -0.3 is 15.4 Å². The summed E-state index contributed by atoms with van der Waals surface area (Å²) >= 11 is 0. The van der Waals surface area contributed by atoms with Crippen LogP contribution in [0, 0.1) is 0 Å². The van der Waals surface area contributed by atoms with Crippen molar-refractivity contribution in [2.75, 3.05) is 26.8 Å². The molecule has 2 N–H and O–H groups in total. The van der Waals surface area contributed by atoms with Crippen LogP contribution >= 0.6 is 0 Å². The van der Waals surface area contributed by atoms with E-state index in [0.29, 0.717) is 18.7 Å². The zero-order valence-corrected chi connectivity index (χ0v) is 12.4. The van der Waals surface area contributed by atoms with E-state index in [2.05, 4.69) is 10.6 Å². The number of carbonyl (C=O) groups excluding carboxylic acids is 2. The van der Waals surface area contributed by atoms with Gasteiger partial charge in [-0.1, -0.05) is 6.07 Å². The van der Waals surface area contributed by atoms with Crippen molar-refractivity contribution < 1.29 is 14.3 Å². The summed E-state index contributed by atoms with van der Waals surface area (Å²) in [6, 6.07) is 5.82. The third-order valence-electron chi connectivity index (χ3n) is 3.65. The first-order chi connectivity index (χ1) is 10.2. The lowest BCUT2D eigenvalue weighted by molar-refractivity contribution is -0.120. The van der Waals surface area contributed by atoms with Gasteiger partial charge in [-0.3, -0.25) is 9.59 Å². The Labute approximate surface area is 125 Å². The summed E-state index contributed by atoms with van der Waals surface area (Å²) in [5, 5.41) is 5.30. The van der Waals surface area contributed by atoms with Crippen molar-refractivity contribution in [3.63, 3.8) is 0 Å². The largest absolute Gasteiger partial charge is 0.383 e. The maximum atomic E-state index is 12.0. The number of amides is 2. The van der Waals surface area contributed by atoms with Gasteiger partial charge in [-0.05, 0) is 48.9 Å². The summed E-state index contributed by atoms with van der Waals surface area (Å²) in [4.78, 5) is 23.6. The number of benzene rings is 1. The third kappa shape index (κ3) is 4.56. The molecule has 2 rings (SSSR count). The number of aryl methyl sites for hydroxylation is 2. The molecule has 0 aliphatic heterocycles. The van der Waals surface area contributed by atoms with Crippen LogP contribution < -0.4 is 10.6 Å². The average Bonchev–Trinajstić information content (AvgIpc) is 2.52. The molecule has 0 heterocycles. The van der Waals surface area contributed by atoms with Gasteiger partial charge in [-0.25, -0.2) is 0 Å². The van der Waals surface area contributed by atoms with Crippen molar-refractivity contribution in [2.45, 2.75) is 25.7 Å². The molecule has 0 aromatic heterocycles. The summed E-state index contributed by atoms with van der Waals surface area (Å²) in [5.41, 5.74) is 3.23. The number of hydrogen-bond acceptors (Lipinski definition) is 3. The first kappa shape index (κ1) is 15.5. The first-order valence-corrected chi connectivity index (χ1v) is 7.36. The Hall–Kier alpha value is -1.88.